The number of methoxy groups -OCH3 is 1. The first kappa shape index (κ1) is 15.8. The van der Waals surface area contributed by atoms with Crippen molar-refractivity contribution >= 4 is 15.5 Å². The van der Waals surface area contributed by atoms with Crippen LogP contribution in [0, 0.1) is 0 Å². The van der Waals surface area contributed by atoms with Crippen molar-refractivity contribution in [1.82, 2.24) is 0 Å². The van der Waals surface area contributed by atoms with Gasteiger partial charge in [0.05, 0.1) is 22.8 Å². The molecule has 0 aliphatic rings. The van der Waals surface area contributed by atoms with Gasteiger partial charge in [0, 0.05) is 19.8 Å². The second-order valence-corrected chi connectivity index (χ2v) is 6.99. The lowest BCUT2D eigenvalue weighted by Gasteiger charge is -2.23. The molecule has 2 N–H and O–H groups in total. The molecule has 6 heteroatoms. The molecule has 0 atom stereocenters. The molecule has 0 spiro atoms. The maximum atomic E-state index is 11.5. The van der Waals surface area contributed by atoms with E-state index in [0.29, 0.717) is 18.8 Å². The minimum Gasteiger partial charge on any atom is -0.491 e. The van der Waals surface area contributed by atoms with E-state index in [-0.39, 0.29) is 16.2 Å². The first-order chi connectivity index (χ1) is 8.67. The summed E-state index contributed by atoms with van der Waals surface area (Å²) in [6, 6.07) is 4.74. The Kier molecular flexibility index (Phi) is 4.81. The standard InChI is InChI=1S/C13H21NO4S/c1-13(2,17-3)8-9-18-10-6-5-7-11(12(10)14)19(4,15)16/h5-7H,8-9,14H2,1-4H3. The van der Waals surface area contributed by atoms with Crippen LogP contribution in [-0.2, 0) is 14.6 Å². The van der Waals surface area contributed by atoms with Gasteiger partial charge in [-0.05, 0) is 26.0 Å². The summed E-state index contributed by atoms with van der Waals surface area (Å²) in [5.41, 5.74) is 5.68. The van der Waals surface area contributed by atoms with Gasteiger partial charge in [-0.3, -0.25) is 0 Å². The van der Waals surface area contributed by atoms with Crippen LogP contribution in [0.4, 0.5) is 5.69 Å². The fourth-order valence-electron chi connectivity index (χ4n) is 1.48. The molecule has 19 heavy (non-hydrogen) atoms. The number of rotatable bonds is 6. The normalized spacial score (nSPS) is 12.4. The molecule has 0 aliphatic carbocycles. The van der Waals surface area contributed by atoms with Crippen LogP contribution < -0.4 is 10.5 Å². The van der Waals surface area contributed by atoms with Crippen molar-refractivity contribution in [3.63, 3.8) is 0 Å². The minimum absolute atomic E-state index is 0.0935. The van der Waals surface area contributed by atoms with Crippen molar-refractivity contribution in [2.45, 2.75) is 30.8 Å². The molecule has 0 heterocycles. The van der Waals surface area contributed by atoms with Crippen molar-refractivity contribution in [2.75, 3.05) is 25.7 Å². The van der Waals surface area contributed by atoms with Crippen LogP contribution >= 0.6 is 0 Å². The Hall–Kier alpha value is -1.27. The number of anilines is 1. The molecule has 0 radical (unpaired) electrons. The van der Waals surface area contributed by atoms with Gasteiger partial charge in [-0.1, -0.05) is 6.07 Å². The van der Waals surface area contributed by atoms with Gasteiger partial charge in [0.15, 0.2) is 9.84 Å². The molecule has 1 aromatic carbocycles. The van der Waals surface area contributed by atoms with Gasteiger partial charge < -0.3 is 15.2 Å². The van der Waals surface area contributed by atoms with Gasteiger partial charge in [-0.15, -0.1) is 0 Å². The molecule has 0 aliphatic heterocycles. The fraction of sp³-hybridized carbons (Fsp3) is 0.538. The maximum absolute atomic E-state index is 11.5. The van der Waals surface area contributed by atoms with Crippen molar-refractivity contribution in [2.24, 2.45) is 0 Å². The SMILES string of the molecule is COC(C)(C)CCOc1cccc(S(C)(=O)=O)c1N. The van der Waals surface area contributed by atoms with Crippen LogP contribution in [0.5, 0.6) is 5.75 Å². The molecule has 0 saturated carbocycles. The van der Waals surface area contributed by atoms with E-state index in [4.69, 9.17) is 15.2 Å². The smallest absolute Gasteiger partial charge is 0.177 e. The number of hydrogen-bond donors (Lipinski definition) is 1. The molecule has 5 nitrogen and oxygen atoms in total. The van der Waals surface area contributed by atoms with Crippen LogP contribution in [0.3, 0.4) is 0 Å². The summed E-state index contributed by atoms with van der Waals surface area (Å²) in [6.07, 6.45) is 1.79. The van der Waals surface area contributed by atoms with E-state index in [9.17, 15) is 8.42 Å². The molecule has 0 aromatic heterocycles. The first-order valence-corrected chi connectivity index (χ1v) is 7.83. The number of hydrogen-bond acceptors (Lipinski definition) is 5. The maximum Gasteiger partial charge on any atom is 0.177 e. The summed E-state index contributed by atoms with van der Waals surface area (Å²) in [5.74, 6) is 0.384. The molecule has 0 bridgehead atoms. The van der Waals surface area contributed by atoms with Gasteiger partial charge in [0.1, 0.15) is 5.75 Å². The van der Waals surface area contributed by atoms with Crippen LogP contribution in [0.1, 0.15) is 20.3 Å². The molecule has 108 valence electrons. The highest BCUT2D eigenvalue weighted by Gasteiger charge is 2.18. The largest absolute Gasteiger partial charge is 0.491 e. The molecule has 0 amide bonds. The van der Waals surface area contributed by atoms with E-state index in [2.05, 4.69) is 0 Å². The Morgan fingerprint density at radius 1 is 1.32 bits per heavy atom. The monoisotopic (exact) mass is 287 g/mol. The average Bonchev–Trinajstić information content (AvgIpc) is 2.29. The van der Waals surface area contributed by atoms with Crippen molar-refractivity contribution in [3.05, 3.63) is 18.2 Å². The quantitative estimate of drug-likeness (QED) is 0.808. The molecule has 1 aromatic rings. The summed E-state index contributed by atoms with van der Waals surface area (Å²) in [4.78, 5) is 0.0935. The fourth-order valence-corrected chi connectivity index (χ4v) is 2.31. The summed E-state index contributed by atoms with van der Waals surface area (Å²) >= 11 is 0. The predicted molar refractivity (Wildman–Crippen MR) is 75.2 cm³/mol. The molecule has 0 saturated heterocycles. The number of para-hydroxylation sites is 1. The number of ether oxygens (including phenoxy) is 2. The second kappa shape index (κ2) is 5.79. The Bertz CT molecular complexity index is 538. The molecule has 1 rings (SSSR count). The van der Waals surface area contributed by atoms with E-state index in [1.165, 1.54) is 6.07 Å². The highest BCUT2D eigenvalue weighted by Crippen LogP contribution is 2.29. The van der Waals surface area contributed by atoms with E-state index < -0.39 is 9.84 Å². The Labute approximate surface area is 114 Å². The highest BCUT2D eigenvalue weighted by atomic mass is 32.2. The lowest BCUT2D eigenvalue weighted by Crippen LogP contribution is -2.25. The molecular weight excluding hydrogens is 266 g/mol. The van der Waals surface area contributed by atoms with Gasteiger partial charge >= 0.3 is 0 Å². The van der Waals surface area contributed by atoms with Gasteiger partial charge in [0.2, 0.25) is 0 Å². The van der Waals surface area contributed by atoms with Crippen LogP contribution in [0.25, 0.3) is 0 Å². The Morgan fingerprint density at radius 2 is 1.95 bits per heavy atom. The Morgan fingerprint density at radius 3 is 2.47 bits per heavy atom. The number of benzene rings is 1. The summed E-state index contributed by atoms with van der Waals surface area (Å²) in [7, 11) is -1.71. The zero-order chi connectivity index (χ0) is 14.7. The van der Waals surface area contributed by atoms with E-state index in [1.807, 2.05) is 13.8 Å². The number of nitrogen functional groups attached to an aromatic ring is 1. The summed E-state index contributed by atoms with van der Waals surface area (Å²) in [5, 5.41) is 0. The third kappa shape index (κ3) is 4.40. The highest BCUT2D eigenvalue weighted by molar-refractivity contribution is 7.90. The van der Waals surface area contributed by atoms with Crippen LogP contribution in [0.2, 0.25) is 0 Å². The van der Waals surface area contributed by atoms with Crippen LogP contribution in [0.15, 0.2) is 23.1 Å². The summed E-state index contributed by atoms with van der Waals surface area (Å²) < 4.78 is 33.9. The number of sulfone groups is 1. The number of nitrogens with two attached hydrogens (primary N) is 1. The average molecular weight is 287 g/mol. The van der Waals surface area contributed by atoms with Crippen molar-refractivity contribution in [3.8, 4) is 5.75 Å². The Balaban J connectivity index is 2.81. The summed E-state index contributed by atoms with van der Waals surface area (Å²) in [6.45, 7) is 4.30. The van der Waals surface area contributed by atoms with Crippen molar-refractivity contribution in [1.29, 1.82) is 0 Å². The van der Waals surface area contributed by atoms with E-state index in [1.54, 1.807) is 19.2 Å². The van der Waals surface area contributed by atoms with Crippen molar-refractivity contribution < 1.29 is 17.9 Å². The minimum atomic E-state index is -3.34. The third-order valence-electron chi connectivity index (χ3n) is 2.94. The van der Waals surface area contributed by atoms with Crippen LogP contribution in [-0.4, -0.2) is 34.0 Å². The third-order valence-corrected chi connectivity index (χ3v) is 4.09. The predicted octanol–water partition coefficient (Wildman–Crippen LogP) is 1.87. The molecular formula is C13H21NO4S. The van der Waals surface area contributed by atoms with Gasteiger partial charge in [-0.2, -0.15) is 0 Å². The van der Waals surface area contributed by atoms with Gasteiger partial charge in [0.25, 0.3) is 0 Å². The van der Waals surface area contributed by atoms with E-state index in [0.717, 1.165) is 6.26 Å². The molecule has 0 fully saturated rings. The lowest BCUT2D eigenvalue weighted by atomic mass is 10.1. The van der Waals surface area contributed by atoms with Gasteiger partial charge in [-0.25, -0.2) is 8.42 Å². The van der Waals surface area contributed by atoms with E-state index >= 15 is 0 Å². The second-order valence-electron chi connectivity index (χ2n) is 5.00. The first-order valence-electron chi connectivity index (χ1n) is 5.94. The lowest BCUT2D eigenvalue weighted by molar-refractivity contribution is 0.00550. The molecule has 0 unspecified atom stereocenters. The zero-order valence-electron chi connectivity index (χ0n) is 11.8. The topological polar surface area (TPSA) is 78.6 Å². The zero-order valence-corrected chi connectivity index (χ0v) is 12.6.